The molecule has 3 N–H and O–H groups in total. The number of nitrogens with one attached hydrogen (secondary N) is 1. The lowest BCUT2D eigenvalue weighted by Crippen LogP contribution is -2.13. The van der Waals surface area contributed by atoms with E-state index >= 15 is 0 Å². The molecule has 0 fully saturated rings. The Balaban J connectivity index is 1.82. The third-order valence-electron chi connectivity index (χ3n) is 6.04. The Morgan fingerprint density at radius 3 is 2.53 bits per heavy atom. The predicted octanol–water partition coefficient (Wildman–Crippen LogP) is 5.12. The zero-order chi connectivity index (χ0) is 22.1. The summed E-state index contributed by atoms with van der Waals surface area (Å²) in [6.07, 6.45) is 1.68. The Morgan fingerprint density at radius 2 is 1.75 bits per heavy atom. The van der Waals surface area contributed by atoms with Gasteiger partial charge in [0.1, 0.15) is 5.69 Å². The summed E-state index contributed by atoms with van der Waals surface area (Å²) in [5, 5.41) is 1.05. The number of hydrogen-bond acceptors (Lipinski definition) is 3. The highest BCUT2D eigenvalue weighted by Crippen LogP contribution is 2.35. The SMILES string of the molecule is CCc1c(-c2nc3c(-c4ccccc4)cccc3[nH]c2=O)c2ccccc2n1CCCN. The van der Waals surface area contributed by atoms with Gasteiger partial charge in [-0.15, -0.1) is 0 Å². The van der Waals surface area contributed by atoms with Crippen LogP contribution in [0.25, 0.3) is 44.3 Å². The van der Waals surface area contributed by atoms with E-state index in [9.17, 15) is 4.79 Å². The van der Waals surface area contributed by atoms with Gasteiger partial charge in [0, 0.05) is 34.3 Å². The number of para-hydroxylation sites is 2. The second-order valence-electron chi connectivity index (χ2n) is 7.97. The first-order valence-corrected chi connectivity index (χ1v) is 11.1. The molecule has 0 saturated carbocycles. The van der Waals surface area contributed by atoms with Gasteiger partial charge in [-0.3, -0.25) is 4.79 Å². The van der Waals surface area contributed by atoms with E-state index in [2.05, 4.69) is 46.8 Å². The van der Waals surface area contributed by atoms with Gasteiger partial charge in [-0.25, -0.2) is 4.98 Å². The van der Waals surface area contributed by atoms with Crippen molar-refractivity contribution in [1.82, 2.24) is 14.5 Å². The summed E-state index contributed by atoms with van der Waals surface area (Å²) in [7, 11) is 0. The maximum Gasteiger partial charge on any atom is 0.275 e. The maximum atomic E-state index is 13.3. The molecule has 5 aromatic rings. The predicted molar refractivity (Wildman–Crippen MR) is 132 cm³/mol. The molecule has 0 saturated heterocycles. The van der Waals surface area contributed by atoms with E-state index in [4.69, 9.17) is 10.7 Å². The molecule has 0 amide bonds. The minimum absolute atomic E-state index is 0.167. The molecule has 160 valence electrons. The minimum Gasteiger partial charge on any atom is -0.344 e. The van der Waals surface area contributed by atoms with Crippen molar-refractivity contribution in [2.24, 2.45) is 5.73 Å². The van der Waals surface area contributed by atoms with Crippen LogP contribution in [0.1, 0.15) is 19.0 Å². The molecule has 5 heteroatoms. The molecule has 2 aromatic heterocycles. The molecular formula is C27H26N4O. The molecule has 5 rings (SSSR count). The van der Waals surface area contributed by atoms with Crippen LogP contribution >= 0.6 is 0 Å². The zero-order valence-corrected chi connectivity index (χ0v) is 18.1. The van der Waals surface area contributed by atoms with Crippen LogP contribution in [0.15, 0.2) is 77.6 Å². The number of H-pyrrole nitrogens is 1. The Bertz CT molecular complexity index is 1460. The molecule has 0 unspecified atom stereocenters. The van der Waals surface area contributed by atoms with Crippen LogP contribution in [-0.2, 0) is 13.0 Å². The van der Waals surface area contributed by atoms with Gasteiger partial charge >= 0.3 is 0 Å². The van der Waals surface area contributed by atoms with E-state index in [1.165, 1.54) is 0 Å². The average molecular weight is 423 g/mol. The highest BCUT2D eigenvalue weighted by Gasteiger charge is 2.21. The monoisotopic (exact) mass is 422 g/mol. The third-order valence-corrected chi connectivity index (χ3v) is 6.04. The summed E-state index contributed by atoms with van der Waals surface area (Å²) < 4.78 is 2.30. The molecule has 5 nitrogen and oxygen atoms in total. The number of hydrogen-bond donors (Lipinski definition) is 2. The first kappa shape index (κ1) is 20.2. The highest BCUT2D eigenvalue weighted by molar-refractivity contribution is 5.99. The summed E-state index contributed by atoms with van der Waals surface area (Å²) in [6.45, 7) is 3.57. The van der Waals surface area contributed by atoms with Gasteiger partial charge in [0.25, 0.3) is 5.56 Å². The Kier molecular flexibility index (Phi) is 5.33. The quantitative estimate of drug-likeness (QED) is 0.399. The van der Waals surface area contributed by atoms with Gasteiger partial charge in [-0.05, 0) is 37.1 Å². The molecule has 0 spiro atoms. The van der Waals surface area contributed by atoms with Crippen molar-refractivity contribution >= 4 is 21.9 Å². The zero-order valence-electron chi connectivity index (χ0n) is 18.1. The first-order chi connectivity index (χ1) is 15.7. The fourth-order valence-corrected chi connectivity index (χ4v) is 4.62. The molecule has 32 heavy (non-hydrogen) atoms. The van der Waals surface area contributed by atoms with Gasteiger partial charge in [0.15, 0.2) is 0 Å². The van der Waals surface area contributed by atoms with Gasteiger partial charge in [0.2, 0.25) is 0 Å². The molecule has 0 aliphatic rings. The number of fused-ring (bicyclic) bond motifs is 2. The number of aromatic amines is 1. The third kappa shape index (κ3) is 3.31. The van der Waals surface area contributed by atoms with E-state index < -0.39 is 0 Å². The average Bonchev–Trinajstić information content (AvgIpc) is 3.15. The number of nitrogens with two attached hydrogens (primary N) is 1. The van der Waals surface area contributed by atoms with Gasteiger partial charge in [-0.1, -0.05) is 67.6 Å². The fraction of sp³-hybridized carbons (Fsp3) is 0.185. The van der Waals surface area contributed by atoms with Crippen molar-refractivity contribution in [1.29, 1.82) is 0 Å². The van der Waals surface area contributed by atoms with E-state index in [0.717, 1.165) is 63.7 Å². The first-order valence-electron chi connectivity index (χ1n) is 11.1. The Hall–Kier alpha value is -3.70. The van der Waals surface area contributed by atoms with Crippen molar-refractivity contribution in [2.75, 3.05) is 6.54 Å². The molecule has 0 aliphatic heterocycles. The van der Waals surface area contributed by atoms with E-state index in [0.29, 0.717) is 12.2 Å². The smallest absolute Gasteiger partial charge is 0.275 e. The van der Waals surface area contributed by atoms with E-state index in [1.807, 2.05) is 42.5 Å². The van der Waals surface area contributed by atoms with Crippen LogP contribution in [0.3, 0.4) is 0 Å². The maximum absolute atomic E-state index is 13.3. The number of benzene rings is 3. The number of nitrogens with zero attached hydrogens (tertiary/aromatic N) is 2. The standard InChI is InChI=1S/C27H26N4O/c1-2-22-24(20-12-6-7-15-23(20)31(22)17-9-16-28)26-27(32)29-21-14-8-13-19(25(21)30-26)18-10-4-3-5-11-18/h3-8,10-15H,2,9,16-17,28H2,1H3,(H,29,32). The van der Waals surface area contributed by atoms with Crippen LogP contribution in [0.4, 0.5) is 0 Å². The van der Waals surface area contributed by atoms with Crippen LogP contribution < -0.4 is 11.3 Å². The lowest BCUT2D eigenvalue weighted by molar-refractivity contribution is 0.647. The Labute approximate surface area is 186 Å². The molecule has 0 bridgehead atoms. The van der Waals surface area contributed by atoms with Crippen molar-refractivity contribution in [2.45, 2.75) is 26.3 Å². The lowest BCUT2D eigenvalue weighted by Gasteiger charge is -2.11. The van der Waals surface area contributed by atoms with Crippen LogP contribution in [0, 0.1) is 0 Å². The van der Waals surface area contributed by atoms with Crippen LogP contribution in [0.5, 0.6) is 0 Å². The molecule has 0 aliphatic carbocycles. The minimum atomic E-state index is -0.167. The van der Waals surface area contributed by atoms with Crippen LogP contribution in [0.2, 0.25) is 0 Å². The van der Waals surface area contributed by atoms with Crippen molar-refractivity contribution in [3.8, 4) is 22.4 Å². The van der Waals surface area contributed by atoms with Gasteiger partial charge in [-0.2, -0.15) is 0 Å². The van der Waals surface area contributed by atoms with Crippen molar-refractivity contribution in [3.63, 3.8) is 0 Å². The summed E-state index contributed by atoms with van der Waals surface area (Å²) in [5.74, 6) is 0. The van der Waals surface area contributed by atoms with Gasteiger partial charge in [0.05, 0.1) is 11.0 Å². The molecule has 3 aromatic carbocycles. The fourth-order valence-electron chi connectivity index (χ4n) is 4.62. The van der Waals surface area contributed by atoms with Crippen molar-refractivity contribution < 1.29 is 0 Å². The second kappa shape index (κ2) is 8.44. The van der Waals surface area contributed by atoms with E-state index in [-0.39, 0.29) is 5.56 Å². The highest BCUT2D eigenvalue weighted by atomic mass is 16.1. The number of rotatable bonds is 6. The normalized spacial score (nSPS) is 11.4. The van der Waals surface area contributed by atoms with Crippen molar-refractivity contribution in [3.05, 3.63) is 88.8 Å². The van der Waals surface area contributed by atoms with E-state index in [1.54, 1.807) is 0 Å². The molecular weight excluding hydrogens is 396 g/mol. The largest absolute Gasteiger partial charge is 0.344 e. The summed E-state index contributed by atoms with van der Waals surface area (Å²) >= 11 is 0. The summed E-state index contributed by atoms with van der Waals surface area (Å²) in [4.78, 5) is 21.3. The Morgan fingerprint density at radius 1 is 0.969 bits per heavy atom. The van der Waals surface area contributed by atoms with Gasteiger partial charge < -0.3 is 15.3 Å². The molecule has 0 atom stereocenters. The number of aryl methyl sites for hydroxylation is 1. The summed E-state index contributed by atoms with van der Waals surface area (Å²) in [5.41, 5.74) is 12.9. The second-order valence-corrected chi connectivity index (χ2v) is 7.97. The summed E-state index contributed by atoms with van der Waals surface area (Å²) in [6, 6.07) is 24.3. The molecule has 2 heterocycles. The number of aromatic nitrogens is 3. The lowest BCUT2D eigenvalue weighted by atomic mass is 10.0. The molecule has 0 radical (unpaired) electrons. The van der Waals surface area contributed by atoms with Crippen LogP contribution in [-0.4, -0.2) is 21.1 Å². The topological polar surface area (TPSA) is 76.7 Å².